The highest BCUT2D eigenvalue weighted by Gasteiger charge is 2.16. The van der Waals surface area contributed by atoms with Crippen LogP contribution in [0.3, 0.4) is 0 Å². The third kappa shape index (κ3) is 2.06. The van der Waals surface area contributed by atoms with Gasteiger partial charge in [0.15, 0.2) is 5.82 Å². The second kappa shape index (κ2) is 4.61. The van der Waals surface area contributed by atoms with Crippen molar-refractivity contribution in [1.82, 2.24) is 14.5 Å². The number of nitrogens with zero attached hydrogens (tertiary/aromatic N) is 3. The lowest BCUT2D eigenvalue weighted by Gasteiger charge is -1.91. The fourth-order valence-corrected chi connectivity index (χ4v) is 2.09. The van der Waals surface area contributed by atoms with Gasteiger partial charge in [0.1, 0.15) is 5.00 Å². The van der Waals surface area contributed by atoms with Crippen LogP contribution in [0, 0.1) is 6.92 Å². The summed E-state index contributed by atoms with van der Waals surface area (Å²) in [5.41, 5.74) is 7.43. The Labute approximate surface area is 97.8 Å². The molecule has 86 valence electrons. The fraction of sp³-hybridized carbons (Fsp3) is 0.500. The van der Waals surface area contributed by atoms with Crippen molar-refractivity contribution >= 4 is 16.5 Å². The molecule has 0 radical (unpaired) electrons. The van der Waals surface area contributed by atoms with Crippen LogP contribution >= 0.6 is 11.5 Å². The van der Waals surface area contributed by atoms with Crippen LogP contribution in [-0.2, 0) is 6.42 Å². The molecule has 0 spiro atoms. The van der Waals surface area contributed by atoms with E-state index in [4.69, 9.17) is 10.3 Å². The molecule has 0 bridgehead atoms. The molecule has 0 saturated heterocycles. The van der Waals surface area contributed by atoms with E-state index in [1.54, 1.807) is 0 Å². The smallest absolute Gasteiger partial charge is 0.262 e. The summed E-state index contributed by atoms with van der Waals surface area (Å²) in [4.78, 5) is 4.32. The van der Waals surface area contributed by atoms with E-state index in [1.807, 2.05) is 6.92 Å². The fourth-order valence-electron chi connectivity index (χ4n) is 1.44. The summed E-state index contributed by atoms with van der Waals surface area (Å²) < 4.78 is 9.35. The summed E-state index contributed by atoms with van der Waals surface area (Å²) >= 11 is 1.25. The first-order valence-electron chi connectivity index (χ1n) is 5.27. The number of hydrogen-bond acceptors (Lipinski definition) is 6. The first-order valence-corrected chi connectivity index (χ1v) is 6.04. The van der Waals surface area contributed by atoms with Crippen molar-refractivity contribution in [3.05, 3.63) is 11.5 Å². The third-order valence-electron chi connectivity index (χ3n) is 2.33. The molecule has 5 nitrogen and oxygen atoms in total. The van der Waals surface area contributed by atoms with Gasteiger partial charge in [-0.05, 0) is 24.9 Å². The van der Waals surface area contributed by atoms with Gasteiger partial charge in [-0.2, -0.15) is 9.36 Å². The van der Waals surface area contributed by atoms with Crippen molar-refractivity contribution in [3.63, 3.8) is 0 Å². The Kier molecular flexibility index (Phi) is 3.19. The molecular formula is C10H14N4OS. The van der Waals surface area contributed by atoms with Crippen molar-refractivity contribution in [2.24, 2.45) is 0 Å². The molecular weight excluding hydrogens is 224 g/mol. The van der Waals surface area contributed by atoms with Gasteiger partial charge in [-0.1, -0.05) is 18.5 Å². The van der Waals surface area contributed by atoms with Crippen LogP contribution in [0.1, 0.15) is 31.3 Å². The Morgan fingerprint density at radius 3 is 2.88 bits per heavy atom. The van der Waals surface area contributed by atoms with E-state index in [0.717, 1.165) is 36.3 Å². The van der Waals surface area contributed by atoms with Crippen LogP contribution in [-0.4, -0.2) is 14.5 Å². The van der Waals surface area contributed by atoms with E-state index in [2.05, 4.69) is 21.4 Å². The van der Waals surface area contributed by atoms with Crippen LogP contribution in [0.4, 0.5) is 5.00 Å². The van der Waals surface area contributed by atoms with E-state index in [-0.39, 0.29) is 0 Å². The molecule has 2 heterocycles. The van der Waals surface area contributed by atoms with E-state index in [9.17, 15) is 0 Å². The van der Waals surface area contributed by atoms with Gasteiger partial charge in [0, 0.05) is 6.42 Å². The van der Waals surface area contributed by atoms with E-state index in [0.29, 0.717) is 10.9 Å². The number of nitrogens with two attached hydrogens (primary N) is 1. The highest BCUT2D eigenvalue weighted by molar-refractivity contribution is 7.10. The number of aromatic nitrogens is 3. The predicted molar refractivity (Wildman–Crippen MR) is 63.2 cm³/mol. The molecule has 0 aromatic carbocycles. The number of hydrogen-bond donors (Lipinski definition) is 1. The summed E-state index contributed by atoms with van der Waals surface area (Å²) in [6, 6.07) is 0. The minimum atomic E-state index is 0.481. The lowest BCUT2D eigenvalue weighted by molar-refractivity contribution is 0.421. The summed E-state index contributed by atoms with van der Waals surface area (Å²) in [5.74, 6) is 1.22. The lowest BCUT2D eigenvalue weighted by atomic mass is 10.2. The van der Waals surface area contributed by atoms with Crippen molar-refractivity contribution in [2.75, 3.05) is 5.73 Å². The maximum Gasteiger partial charge on any atom is 0.262 e. The first kappa shape index (κ1) is 11.1. The Morgan fingerprint density at radius 2 is 2.25 bits per heavy atom. The molecule has 0 aliphatic heterocycles. The maximum atomic E-state index is 5.81. The molecule has 2 aromatic heterocycles. The molecule has 0 unspecified atom stereocenters. The second-order valence-electron chi connectivity index (χ2n) is 3.63. The minimum absolute atomic E-state index is 0.481. The Bertz CT molecular complexity index is 457. The predicted octanol–water partition coefficient (Wildman–Crippen LogP) is 2.43. The summed E-state index contributed by atoms with van der Waals surface area (Å²) in [6.45, 7) is 4.02. The quantitative estimate of drug-likeness (QED) is 0.885. The van der Waals surface area contributed by atoms with Crippen LogP contribution in [0.25, 0.3) is 11.5 Å². The zero-order chi connectivity index (χ0) is 11.5. The molecule has 6 heteroatoms. The van der Waals surface area contributed by atoms with E-state index in [1.165, 1.54) is 11.5 Å². The van der Waals surface area contributed by atoms with E-state index >= 15 is 0 Å². The molecule has 0 aliphatic carbocycles. The van der Waals surface area contributed by atoms with E-state index < -0.39 is 0 Å². The van der Waals surface area contributed by atoms with Crippen molar-refractivity contribution in [2.45, 2.75) is 33.1 Å². The van der Waals surface area contributed by atoms with Gasteiger partial charge in [-0.25, -0.2) is 0 Å². The summed E-state index contributed by atoms with van der Waals surface area (Å²) in [7, 11) is 0. The largest absolute Gasteiger partial charge is 0.389 e. The Morgan fingerprint density at radius 1 is 1.44 bits per heavy atom. The standard InChI is InChI=1S/C10H14N4OS/c1-3-4-5-7-12-10(15-13-7)8-6(2)14-16-9(8)11/h3-5,11H2,1-2H3. The zero-order valence-corrected chi connectivity index (χ0v) is 10.2. The lowest BCUT2D eigenvalue weighted by Crippen LogP contribution is -1.89. The number of unbranched alkanes of at least 4 members (excludes halogenated alkanes) is 1. The topological polar surface area (TPSA) is 77.8 Å². The molecule has 16 heavy (non-hydrogen) atoms. The van der Waals surface area contributed by atoms with Crippen molar-refractivity contribution in [1.29, 1.82) is 0 Å². The number of anilines is 1. The summed E-state index contributed by atoms with van der Waals surface area (Å²) in [5, 5.41) is 4.56. The Hall–Kier alpha value is -1.43. The SMILES string of the molecule is CCCCc1noc(-c2c(C)nsc2N)n1. The third-order valence-corrected chi connectivity index (χ3v) is 3.09. The average Bonchev–Trinajstić information content (AvgIpc) is 2.83. The van der Waals surface area contributed by atoms with Crippen LogP contribution in [0.2, 0.25) is 0 Å². The molecule has 2 aromatic rings. The molecule has 0 atom stereocenters. The normalized spacial score (nSPS) is 10.9. The van der Waals surface area contributed by atoms with Gasteiger partial charge < -0.3 is 10.3 Å². The number of nitrogen functional groups attached to an aromatic ring is 1. The van der Waals surface area contributed by atoms with Gasteiger partial charge >= 0.3 is 0 Å². The molecule has 2 N–H and O–H groups in total. The van der Waals surface area contributed by atoms with Crippen molar-refractivity contribution < 1.29 is 4.52 Å². The Balaban J connectivity index is 2.25. The average molecular weight is 238 g/mol. The molecule has 2 rings (SSSR count). The first-order chi connectivity index (χ1) is 7.72. The van der Waals surface area contributed by atoms with Gasteiger partial charge in [-0.3, -0.25) is 0 Å². The highest BCUT2D eigenvalue weighted by Crippen LogP contribution is 2.30. The molecule has 0 saturated carbocycles. The van der Waals surface area contributed by atoms with Gasteiger partial charge in [-0.15, -0.1) is 0 Å². The number of aryl methyl sites for hydroxylation is 2. The molecule has 0 aliphatic rings. The second-order valence-corrected chi connectivity index (χ2v) is 4.43. The van der Waals surface area contributed by atoms with Crippen LogP contribution in [0.5, 0.6) is 0 Å². The van der Waals surface area contributed by atoms with Crippen molar-refractivity contribution in [3.8, 4) is 11.5 Å². The van der Waals surface area contributed by atoms with Gasteiger partial charge in [0.25, 0.3) is 5.89 Å². The minimum Gasteiger partial charge on any atom is -0.389 e. The van der Waals surface area contributed by atoms with Gasteiger partial charge in [0.2, 0.25) is 0 Å². The molecule has 0 fully saturated rings. The van der Waals surface area contributed by atoms with Crippen LogP contribution < -0.4 is 5.73 Å². The van der Waals surface area contributed by atoms with Gasteiger partial charge in [0.05, 0.1) is 11.3 Å². The zero-order valence-electron chi connectivity index (χ0n) is 9.36. The summed E-state index contributed by atoms with van der Waals surface area (Å²) in [6.07, 6.45) is 3.02. The number of rotatable bonds is 4. The molecule has 0 amide bonds. The maximum absolute atomic E-state index is 5.81. The monoisotopic (exact) mass is 238 g/mol. The highest BCUT2D eigenvalue weighted by atomic mass is 32.1. The van der Waals surface area contributed by atoms with Crippen LogP contribution in [0.15, 0.2) is 4.52 Å².